The second-order valence-corrected chi connectivity index (χ2v) is 5.95. The number of aliphatic hydroxyl groups is 1. The number of halogens is 1. The number of aryl methyl sites for hydroxylation is 2. The van der Waals surface area contributed by atoms with Gasteiger partial charge in [-0.25, -0.2) is 0 Å². The van der Waals surface area contributed by atoms with Gasteiger partial charge in [-0.3, -0.25) is 4.68 Å². The summed E-state index contributed by atoms with van der Waals surface area (Å²) in [6, 6.07) is 0. The van der Waals surface area contributed by atoms with Crippen LogP contribution < -0.4 is 0 Å². The fourth-order valence-electron chi connectivity index (χ4n) is 2.51. The molecular formula is C13H22BrN3O. The molecule has 1 aromatic heterocycles. The summed E-state index contributed by atoms with van der Waals surface area (Å²) in [6.45, 7) is 8.10. The van der Waals surface area contributed by atoms with Gasteiger partial charge in [0.2, 0.25) is 0 Å². The molecule has 0 aliphatic carbocycles. The van der Waals surface area contributed by atoms with Gasteiger partial charge in [-0.15, -0.1) is 0 Å². The summed E-state index contributed by atoms with van der Waals surface area (Å²) in [4.78, 5) is 2.35. The molecular weight excluding hydrogens is 294 g/mol. The molecule has 1 fully saturated rings. The van der Waals surface area contributed by atoms with Gasteiger partial charge >= 0.3 is 0 Å². The summed E-state index contributed by atoms with van der Waals surface area (Å²) in [5, 5.41) is 14.0. The number of rotatable bonds is 5. The van der Waals surface area contributed by atoms with Crippen LogP contribution in [0.3, 0.4) is 0 Å². The molecule has 4 nitrogen and oxygen atoms in total. The average Bonchev–Trinajstić information content (AvgIpc) is 2.85. The van der Waals surface area contributed by atoms with Gasteiger partial charge < -0.3 is 10.0 Å². The number of likely N-dealkylation sites (tertiary alicyclic amines) is 1. The first kappa shape index (κ1) is 14.0. The van der Waals surface area contributed by atoms with Crippen molar-refractivity contribution in [2.75, 3.05) is 19.6 Å². The topological polar surface area (TPSA) is 41.3 Å². The van der Waals surface area contributed by atoms with Crippen molar-refractivity contribution in [1.82, 2.24) is 14.7 Å². The largest absolute Gasteiger partial charge is 0.392 e. The van der Waals surface area contributed by atoms with E-state index in [2.05, 4.69) is 37.5 Å². The third kappa shape index (κ3) is 3.33. The van der Waals surface area contributed by atoms with Gasteiger partial charge in [0.25, 0.3) is 0 Å². The lowest BCUT2D eigenvalue weighted by molar-refractivity contribution is 0.175. The van der Waals surface area contributed by atoms with Crippen LogP contribution in [0.4, 0.5) is 0 Å². The van der Waals surface area contributed by atoms with Crippen LogP contribution in [0.15, 0.2) is 4.47 Å². The van der Waals surface area contributed by atoms with Crippen LogP contribution in [-0.4, -0.2) is 45.5 Å². The Morgan fingerprint density at radius 3 is 2.61 bits per heavy atom. The highest BCUT2D eigenvalue weighted by Crippen LogP contribution is 2.20. The molecule has 1 aliphatic heterocycles. The zero-order valence-corrected chi connectivity index (χ0v) is 12.8. The highest BCUT2D eigenvalue weighted by molar-refractivity contribution is 9.10. The summed E-state index contributed by atoms with van der Waals surface area (Å²) in [6.07, 6.45) is 3.14. The number of hydrogen-bond acceptors (Lipinski definition) is 3. The number of aromatic nitrogens is 2. The maximum absolute atomic E-state index is 9.44. The molecule has 2 rings (SSSR count). The molecule has 1 aliphatic rings. The van der Waals surface area contributed by atoms with Crippen LogP contribution in [0.5, 0.6) is 0 Å². The quantitative estimate of drug-likeness (QED) is 0.846. The molecule has 0 spiro atoms. The van der Waals surface area contributed by atoms with Crippen molar-refractivity contribution in [2.24, 2.45) is 0 Å². The predicted molar refractivity (Wildman–Crippen MR) is 75.7 cm³/mol. The maximum Gasteiger partial charge on any atom is 0.0738 e. The lowest BCUT2D eigenvalue weighted by Gasteiger charge is -2.14. The first-order chi connectivity index (χ1) is 8.58. The number of hydrogen-bond donors (Lipinski definition) is 1. The Balaban J connectivity index is 1.70. The Kier molecular flexibility index (Phi) is 4.81. The van der Waals surface area contributed by atoms with Crippen LogP contribution in [0.2, 0.25) is 0 Å². The van der Waals surface area contributed by atoms with Crippen molar-refractivity contribution < 1.29 is 5.11 Å². The third-order valence-corrected chi connectivity index (χ3v) is 4.78. The normalized spacial score (nSPS) is 20.8. The molecule has 18 heavy (non-hydrogen) atoms. The van der Waals surface area contributed by atoms with Gasteiger partial charge in [-0.2, -0.15) is 5.10 Å². The van der Waals surface area contributed by atoms with Crippen molar-refractivity contribution in [3.8, 4) is 0 Å². The van der Waals surface area contributed by atoms with E-state index in [0.717, 1.165) is 49.2 Å². The van der Waals surface area contributed by atoms with Gasteiger partial charge in [-0.05, 0) is 55.6 Å². The number of aliphatic hydroxyl groups excluding tert-OH is 1. The number of nitrogens with zero attached hydrogens (tertiary/aromatic N) is 3. The summed E-state index contributed by atoms with van der Waals surface area (Å²) >= 11 is 3.55. The summed E-state index contributed by atoms with van der Waals surface area (Å²) in [5.41, 5.74) is 2.28. The zero-order valence-electron chi connectivity index (χ0n) is 11.2. The van der Waals surface area contributed by atoms with E-state index in [-0.39, 0.29) is 6.10 Å². The van der Waals surface area contributed by atoms with Gasteiger partial charge in [0, 0.05) is 25.3 Å². The summed E-state index contributed by atoms with van der Waals surface area (Å²) < 4.78 is 3.21. The van der Waals surface area contributed by atoms with Crippen molar-refractivity contribution in [3.63, 3.8) is 0 Å². The molecule has 1 N–H and O–H groups in total. The van der Waals surface area contributed by atoms with E-state index < -0.39 is 0 Å². The van der Waals surface area contributed by atoms with Crippen LogP contribution in [0.1, 0.15) is 30.7 Å². The molecule has 1 aromatic rings. The molecule has 0 radical (unpaired) electrons. The van der Waals surface area contributed by atoms with Gasteiger partial charge in [-0.1, -0.05) is 0 Å². The molecule has 0 unspecified atom stereocenters. The van der Waals surface area contributed by atoms with Gasteiger partial charge in [0.1, 0.15) is 0 Å². The van der Waals surface area contributed by atoms with E-state index in [0.29, 0.717) is 0 Å². The minimum absolute atomic E-state index is 0.100. The van der Waals surface area contributed by atoms with Gasteiger partial charge in [0.15, 0.2) is 0 Å². The molecule has 0 bridgehead atoms. The van der Waals surface area contributed by atoms with Crippen LogP contribution >= 0.6 is 15.9 Å². The van der Waals surface area contributed by atoms with Crippen LogP contribution in [0, 0.1) is 13.8 Å². The van der Waals surface area contributed by atoms with Crippen molar-refractivity contribution in [2.45, 2.75) is 45.8 Å². The zero-order chi connectivity index (χ0) is 13.1. The molecule has 0 amide bonds. The molecule has 0 aromatic carbocycles. The van der Waals surface area contributed by atoms with Crippen molar-refractivity contribution in [1.29, 1.82) is 0 Å². The van der Waals surface area contributed by atoms with Crippen molar-refractivity contribution >= 4 is 15.9 Å². The maximum atomic E-state index is 9.44. The fourth-order valence-corrected chi connectivity index (χ4v) is 2.79. The Morgan fingerprint density at radius 1 is 1.33 bits per heavy atom. The van der Waals surface area contributed by atoms with E-state index >= 15 is 0 Å². The minimum atomic E-state index is -0.100. The molecule has 1 atom stereocenters. The Hall–Kier alpha value is -0.390. The fraction of sp³-hybridized carbons (Fsp3) is 0.769. The lowest BCUT2D eigenvalue weighted by atomic mass is 10.3. The average molecular weight is 316 g/mol. The number of β-amino-alcohol motifs (C(OH)–C–C–N with tert-alkyl or cyclic N) is 1. The summed E-state index contributed by atoms with van der Waals surface area (Å²) in [5.74, 6) is 0. The standard InChI is InChI=1S/C13H22BrN3O/c1-10-13(14)11(2)17(15-10)7-4-3-6-16-8-5-12(18)9-16/h12,18H,3-9H2,1-2H3/t12-/m1/s1. The Labute approximate surface area is 117 Å². The highest BCUT2D eigenvalue weighted by Gasteiger charge is 2.19. The first-order valence-corrected chi connectivity index (χ1v) is 7.47. The van der Waals surface area contributed by atoms with E-state index in [1.165, 1.54) is 12.1 Å². The highest BCUT2D eigenvalue weighted by atomic mass is 79.9. The second-order valence-electron chi connectivity index (χ2n) is 5.16. The molecule has 0 saturated carbocycles. The number of unbranched alkanes of at least 4 members (excludes halogenated alkanes) is 1. The van der Waals surface area contributed by atoms with Gasteiger partial charge in [0.05, 0.1) is 16.3 Å². The summed E-state index contributed by atoms with van der Waals surface area (Å²) in [7, 11) is 0. The monoisotopic (exact) mass is 315 g/mol. The smallest absolute Gasteiger partial charge is 0.0738 e. The molecule has 2 heterocycles. The minimum Gasteiger partial charge on any atom is -0.392 e. The van der Waals surface area contributed by atoms with E-state index in [1.54, 1.807) is 0 Å². The van der Waals surface area contributed by atoms with Crippen LogP contribution in [-0.2, 0) is 6.54 Å². The second kappa shape index (κ2) is 6.17. The Morgan fingerprint density at radius 2 is 2.06 bits per heavy atom. The molecule has 5 heteroatoms. The SMILES string of the molecule is Cc1nn(CCCCN2CC[C@@H](O)C2)c(C)c1Br. The van der Waals surface area contributed by atoms with E-state index in [9.17, 15) is 5.11 Å². The first-order valence-electron chi connectivity index (χ1n) is 6.68. The predicted octanol–water partition coefficient (Wildman–Crippen LogP) is 2.11. The van der Waals surface area contributed by atoms with E-state index in [4.69, 9.17) is 0 Å². The third-order valence-electron chi connectivity index (χ3n) is 3.63. The molecule has 102 valence electrons. The van der Waals surface area contributed by atoms with E-state index in [1.807, 2.05) is 6.92 Å². The van der Waals surface area contributed by atoms with Crippen LogP contribution in [0.25, 0.3) is 0 Å². The molecule has 1 saturated heterocycles. The lowest BCUT2D eigenvalue weighted by Crippen LogP contribution is -2.23. The van der Waals surface area contributed by atoms with Crippen molar-refractivity contribution in [3.05, 3.63) is 15.9 Å². The Bertz CT molecular complexity index is 405.